The van der Waals surface area contributed by atoms with Crippen molar-refractivity contribution >= 4 is 13.6 Å². The summed E-state index contributed by atoms with van der Waals surface area (Å²) in [6.45, 7) is 9.35. The number of piperidine rings is 1. The summed E-state index contributed by atoms with van der Waals surface area (Å²) < 4.78 is 0. The zero-order valence-corrected chi connectivity index (χ0v) is 12.8. The van der Waals surface area contributed by atoms with Crippen LogP contribution in [-0.2, 0) is 16.1 Å². The van der Waals surface area contributed by atoms with Gasteiger partial charge < -0.3 is 20.2 Å². The Morgan fingerprint density at radius 2 is 1.43 bits per heavy atom. The van der Waals surface area contributed by atoms with E-state index in [1.54, 1.807) is 0 Å². The molecule has 1 aliphatic heterocycles. The molecule has 0 unspecified atom stereocenters. The molecule has 1 heterocycles. The van der Waals surface area contributed by atoms with Crippen molar-refractivity contribution in [2.75, 3.05) is 20.1 Å². The van der Waals surface area contributed by atoms with Gasteiger partial charge in [-0.2, -0.15) is 0 Å². The fraction of sp³-hybridized carbons (Fsp3) is 0.529. The van der Waals surface area contributed by atoms with Gasteiger partial charge in [-0.05, 0) is 45.5 Å². The zero-order valence-electron chi connectivity index (χ0n) is 12.8. The van der Waals surface area contributed by atoms with Crippen molar-refractivity contribution in [2.45, 2.75) is 40.2 Å². The molecule has 1 aromatic carbocycles. The first-order valence-electron chi connectivity index (χ1n) is 6.74. The molecule has 21 heavy (non-hydrogen) atoms. The molecule has 4 heteroatoms. The third-order valence-electron chi connectivity index (χ3n) is 2.94. The van der Waals surface area contributed by atoms with E-state index in [9.17, 15) is 0 Å². The van der Waals surface area contributed by atoms with E-state index >= 15 is 0 Å². The Balaban J connectivity index is -0.000000244. The predicted octanol–water partition coefficient (Wildman–Crippen LogP) is 2.82. The van der Waals surface area contributed by atoms with Gasteiger partial charge in [0.15, 0.2) is 0 Å². The average Bonchev–Trinajstić information content (AvgIpc) is 2.53. The van der Waals surface area contributed by atoms with Gasteiger partial charge in [0.1, 0.15) is 13.6 Å². The first-order chi connectivity index (χ1) is 9.72. The number of hydrogen-bond acceptors (Lipinski definition) is 4. The zero-order chi connectivity index (χ0) is 15.8. The van der Waals surface area contributed by atoms with Crippen molar-refractivity contribution in [3.63, 3.8) is 0 Å². The minimum atomic E-state index is 0. The van der Waals surface area contributed by atoms with Crippen LogP contribution in [0.15, 0.2) is 24.3 Å². The molecule has 0 atom stereocenters. The first kappa shape index (κ1) is 24.5. The van der Waals surface area contributed by atoms with E-state index in [4.69, 9.17) is 15.3 Å². The van der Waals surface area contributed by atoms with Crippen molar-refractivity contribution in [3.05, 3.63) is 35.4 Å². The standard InChI is InChI=1S/C8H11N.C6H13N.2CH2O.CH4/c1-7-2-4-8(6-9)5-3-7;1-7-5-3-2-4-6-7;2*1-2;/h2-5H,6,9H2,1H3;2-6H2,1H3;2*1H2;1H4. The molecular formula is C17H32N2O2. The molecule has 0 amide bonds. The van der Waals surface area contributed by atoms with Gasteiger partial charge in [-0.3, -0.25) is 0 Å². The van der Waals surface area contributed by atoms with Crippen LogP contribution >= 0.6 is 0 Å². The highest BCUT2D eigenvalue weighted by atomic mass is 16.1. The Morgan fingerprint density at radius 1 is 1.00 bits per heavy atom. The number of nitrogens with zero attached hydrogens (tertiary/aromatic N) is 1. The highest BCUT2D eigenvalue weighted by Gasteiger charge is 2.02. The van der Waals surface area contributed by atoms with Gasteiger partial charge in [0.25, 0.3) is 0 Å². The summed E-state index contributed by atoms with van der Waals surface area (Å²) in [4.78, 5) is 18.4. The largest absolute Gasteiger partial charge is 0.326 e. The number of benzene rings is 1. The monoisotopic (exact) mass is 296 g/mol. The lowest BCUT2D eigenvalue weighted by Gasteiger charge is -2.20. The third-order valence-corrected chi connectivity index (χ3v) is 2.94. The van der Waals surface area contributed by atoms with Crippen LogP contribution < -0.4 is 5.73 Å². The van der Waals surface area contributed by atoms with E-state index < -0.39 is 0 Å². The quantitative estimate of drug-likeness (QED) is 0.865. The highest BCUT2D eigenvalue weighted by Crippen LogP contribution is 2.04. The van der Waals surface area contributed by atoms with Gasteiger partial charge in [0, 0.05) is 6.54 Å². The number of carbonyl (C=O) groups is 2. The Bertz CT molecular complexity index is 307. The third kappa shape index (κ3) is 14.7. The molecule has 122 valence electrons. The second kappa shape index (κ2) is 18.5. The SMILES string of the molecule is C.C=O.C=O.CN1CCCCC1.Cc1ccc(CN)cc1. The molecule has 1 saturated heterocycles. The smallest absolute Gasteiger partial charge is 0.106 e. The molecule has 0 saturated carbocycles. The molecule has 0 bridgehead atoms. The summed E-state index contributed by atoms with van der Waals surface area (Å²) in [5.74, 6) is 0. The predicted molar refractivity (Wildman–Crippen MR) is 91.4 cm³/mol. The maximum absolute atomic E-state index is 8.00. The van der Waals surface area contributed by atoms with Crippen molar-refractivity contribution in [1.82, 2.24) is 4.90 Å². The lowest BCUT2D eigenvalue weighted by atomic mass is 10.1. The van der Waals surface area contributed by atoms with Crippen molar-refractivity contribution < 1.29 is 9.59 Å². The van der Waals surface area contributed by atoms with Crippen LogP contribution in [0.2, 0.25) is 0 Å². The lowest BCUT2D eigenvalue weighted by molar-refractivity contribution is -0.0987. The lowest BCUT2D eigenvalue weighted by Crippen LogP contribution is -2.24. The summed E-state index contributed by atoms with van der Waals surface area (Å²) in [7, 11) is 2.19. The van der Waals surface area contributed by atoms with Crippen LogP contribution in [0.25, 0.3) is 0 Å². The fourth-order valence-corrected chi connectivity index (χ4v) is 1.78. The Morgan fingerprint density at radius 3 is 1.71 bits per heavy atom. The van der Waals surface area contributed by atoms with Gasteiger partial charge in [0.2, 0.25) is 0 Å². The van der Waals surface area contributed by atoms with Crippen LogP contribution in [0.3, 0.4) is 0 Å². The van der Waals surface area contributed by atoms with Crippen LogP contribution in [0.1, 0.15) is 37.8 Å². The normalized spacial score (nSPS) is 12.9. The Kier molecular flexibility index (Phi) is 21.6. The Hall–Kier alpha value is -1.52. The molecule has 0 radical (unpaired) electrons. The van der Waals surface area contributed by atoms with Crippen molar-refractivity contribution in [2.24, 2.45) is 5.73 Å². The number of hydrogen-bond donors (Lipinski definition) is 1. The highest BCUT2D eigenvalue weighted by molar-refractivity contribution is 5.20. The average molecular weight is 296 g/mol. The van der Waals surface area contributed by atoms with Crippen LogP contribution in [0.4, 0.5) is 0 Å². The molecule has 2 rings (SSSR count). The summed E-state index contributed by atoms with van der Waals surface area (Å²) in [6, 6.07) is 8.25. The topological polar surface area (TPSA) is 63.4 Å². The fourth-order valence-electron chi connectivity index (χ4n) is 1.78. The van der Waals surface area contributed by atoms with E-state index in [1.807, 2.05) is 13.6 Å². The van der Waals surface area contributed by atoms with E-state index in [1.165, 1.54) is 43.5 Å². The van der Waals surface area contributed by atoms with E-state index in [-0.39, 0.29) is 7.43 Å². The molecule has 2 N–H and O–H groups in total. The van der Waals surface area contributed by atoms with Crippen LogP contribution in [-0.4, -0.2) is 38.6 Å². The minimum absolute atomic E-state index is 0. The minimum Gasteiger partial charge on any atom is -0.326 e. The first-order valence-corrected chi connectivity index (χ1v) is 6.74. The number of nitrogens with two attached hydrogens (primary N) is 1. The van der Waals surface area contributed by atoms with E-state index in [0.717, 1.165) is 0 Å². The molecule has 1 aliphatic rings. The van der Waals surface area contributed by atoms with Gasteiger partial charge in [-0.1, -0.05) is 43.7 Å². The molecule has 1 aromatic rings. The molecule has 4 nitrogen and oxygen atoms in total. The molecule has 0 spiro atoms. The second-order valence-corrected chi connectivity index (χ2v) is 4.55. The second-order valence-electron chi connectivity index (χ2n) is 4.55. The maximum atomic E-state index is 8.00. The number of rotatable bonds is 1. The molecular weight excluding hydrogens is 264 g/mol. The van der Waals surface area contributed by atoms with Gasteiger partial charge in [-0.25, -0.2) is 0 Å². The summed E-state index contributed by atoms with van der Waals surface area (Å²) in [5, 5.41) is 0. The van der Waals surface area contributed by atoms with E-state index in [2.05, 4.69) is 43.1 Å². The summed E-state index contributed by atoms with van der Waals surface area (Å²) in [5.41, 5.74) is 7.88. The van der Waals surface area contributed by atoms with Crippen molar-refractivity contribution in [3.8, 4) is 0 Å². The number of aryl methyl sites for hydroxylation is 1. The summed E-state index contributed by atoms with van der Waals surface area (Å²) in [6.07, 6.45) is 4.28. The summed E-state index contributed by atoms with van der Waals surface area (Å²) >= 11 is 0. The van der Waals surface area contributed by atoms with Crippen LogP contribution in [0.5, 0.6) is 0 Å². The number of carbonyl (C=O) groups excluding carboxylic acids is 2. The van der Waals surface area contributed by atoms with Gasteiger partial charge in [0.05, 0.1) is 0 Å². The number of likely N-dealkylation sites (tertiary alicyclic amines) is 1. The molecule has 0 aliphatic carbocycles. The van der Waals surface area contributed by atoms with Gasteiger partial charge >= 0.3 is 0 Å². The van der Waals surface area contributed by atoms with Crippen LogP contribution in [0, 0.1) is 6.92 Å². The van der Waals surface area contributed by atoms with Crippen molar-refractivity contribution in [1.29, 1.82) is 0 Å². The van der Waals surface area contributed by atoms with E-state index in [0.29, 0.717) is 6.54 Å². The maximum Gasteiger partial charge on any atom is 0.106 e. The molecule has 0 aromatic heterocycles. The Labute approximate surface area is 130 Å². The molecule has 1 fully saturated rings. The van der Waals surface area contributed by atoms with Gasteiger partial charge in [-0.15, -0.1) is 0 Å².